The first kappa shape index (κ1) is 21.0. The highest BCUT2D eigenvalue weighted by Crippen LogP contribution is 2.32. The smallest absolute Gasteiger partial charge is 0.416 e. The molecule has 0 aliphatic carbocycles. The van der Waals surface area contributed by atoms with Crippen LogP contribution in [-0.4, -0.2) is 22.5 Å². The second kappa shape index (κ2) is 7.81. The highest BCUT2D eigenvalue weighted by Gasteiger charge is 2.42. The fraction of sp³-hybridized carbons (Fsp3) is 0.227. The van der Waals surface area contributed by atoms with E-state index in [4.69, 9.17) is 4.74 Å². The molecule has 0 bridgehead atoms. The SMILES string of the molecule is CC1(C(=O)Nc2ncc(Cc3cccc(C(F)(F)F)c3)s2)Cc2ccccc2C(=O)O1. The minimum Gasteiger partial charge on any atom is -0.445 e. The van der Waals surface area contributed by atoms with Crippen LogP contribution in [0.3, 0.4) is 0 Å². The zero-order valence-electron chi connectivity index (χ0n) is 16.3. The lowest BCUT2D eigenvalue weighted by atomic mass is 9.89. The molecule has 0 spiro atoms. The van der Waals surface area contributed by atoms with Crippen molar-refractivity contribution in [2.45, 2.75) is 31.5 Å². The number of carbonyl (C=O) groups is 2. The molecule has 1 aliphatic heterocycles. The van der Waals surface area contributed by atoms with Crippen molar-refractivity contribution in [3.63, 3.8) is 0 Å². The number of amides is 1. The van der Waals surface area contributed by atoms with Gasteiger partial charge in [-0.15, -0.1) is 11.3 Å². The van der Waals surface area contributed by atoms with E-state index in [0.717, 1.165) is 29.0 Å². The Balaban J connectivity index is 1.46. The number of thiazole rings is 1. The Bertz CT molecular complexity index is 1160. The molecule has 1 aliphatic rings. The van der Waals surface area contributed by atoms with Crippen LogP contribution < -0.4 is 5.32 Å². The zero-order valence-corrected chi connectivity index (χ0v) is 17.1. The van der Waals surface area contributed by atoms with Gasteiger partial charge >= 0.3 is 12.1 Å². The Morgan fingerprint density at radius 1 is 1.23 bits per heavy atom. The summed E-state index contributed by atoms with van der Waals surface area (Å²) in [6.07, 6.45) is -2.43. The summed E-state index contributed by atoms with van der Waals surface area (Å²) in [5.41, 5.74) is -0.458. The van der Waals surface area contributed by atoms with Crippen molar-refractivity contribution in [3.05, 3.63) is 81.9 Å². The summed E-state index contributed by atoms with van der Waals surface area (Å²) in [5.74, 6) is -1.08. The summed E-state index contributed by atoms with van der Waals surface area (Å²) in [5, 5.41) is 2.94. The van der Waals surface area contributed by atoms with E-state index in [1.54, 1.807) is 30.3 Å². The molecule has 1 N–H and O–H groups in total. The molecule has 0 radical (unpaired) electrons. The van der Waals surface area contributed by atoms with Gasteiger partial charge in [-0.1, -0.05) is 36.4 Å². The number of nitrogens with one attached hydrogen (secondary N) is 1. The molecular formula is C22H17F3N2O3S. The summed E-state index contributed by atoms with van der Waals surface area (Å²) < 4.78 is 44.1. The predicted octanol–water partition coefficient (Wildman–Crippen LogP) is 4.86. The van der Waals surface area contributed by atoms with E-state index in [-0.39, 0.29) is 18.0 Å². The van der Waals surface area contributed by atoms with E-state index in [1.807, 2.05) is 0 Å². The lowest BCUT2D eigenvalue weighted by Gasteiger charge is -2.32. The van der Waals surface area contributed by atoms with E-state index >= 15 is 0 Å². The van der Waals surface area contributed by atoms with E-state index < -0.39 is 29.2 Å². The lowest BCUT2D eigenvalue weighted by molar-refractivity contribution is -0.137. The molecule has 9 heteroatoms. The Hall–Kier alpha value is -3.20. The fourth-order valence-electron chi connectivity index (χ4n) is 3.39. The first-order valence-corrected chi connectivity index (χ1v) is 10.2. The average molecular weight is 446 g/mol. The van der Waals surface area contributed by atoms with Gasteiger partial charge in [-0.05, 0) is 30.2 Å². The molecule has 0 saturated carbocycles. The van der Waals surface area contributed by atoms with Crippen LogP contribution in [0, 0.1) is 0 Å². The predicted molar refractivity (Wildman–Crippen MR) is 109 cm³/mol. The van der Waals surface area contributed by atoms with Gasteiger partial charge in [-0.2, -0.15) is 13.2 Å². The monoisotopic (exact) mass is 446 g/mol. The van der Waals surface area contributed by atoms with Crippen LogP contribution in [0.5, 0.6) is 0 Å². The number of hydrogen-bond donors (Lipinski definition) is 1. The quantitative estimate of drug-likeness (QED) is 0.581. The van der Waals surface area contributed by atoms with Crippen molar-refractivity contribution in [2.24, 2.45) is 0 Å². The number of cyclic esters (lactones) is 1. The average Bonchev–Trinajstić information content (AvgIpc) is 3.14. The van der Waals surface area contributed by atoms with Gasteiger partial charge in [0.1, 0.15) is 0 Å². The van der Waals surface area contributed by atoms with Crippen LogP contribution in [0.15, 0.2) is 54.7 Å². The third-order valence-electron chi connectivity index (χ3n) is 4.97. The molecule has 1 atom stereocenters. The number of ether oxygens (including phenoxy) is 1. The number of aromatic nitrogens is 1. The first-order chi connectivity index (χ1) is 14.6. The maximum atomic E-state index is 12.9. The summed E-state index contributed by atoms with van der Waals surface area (Å²) >= 11 is 1.15. The summed E-state index contributed by atoms with van der Waals surface area (Å²) in [6.45, 7) is 1.54. The van der Waals surface area contributed by atoms with E-state index in [9.17, 15) is 22.8 Å². The molecular weight excluding hydrogens is 429 g/mol. The molecule has 3 aromatic rings. The molecule has 1 unspecified atom stereocenters. The number of anilines is 1. The van der Waals surface area contributed by atoms with Gasteiger partial charge in [0.2, 0.25) is 0 Å². The fourth-order valence-corrected chi connectivity index (χ4v) is 4.24. The molecule has 0 saturated heterocycles. The molecule has 0 fully saturated rings. The van der Waals surface area contributed by atoms with Crippen LogP contribution >= 0.6 is 11.3 Å². The number of halogens is 3. The van der Waals surface area contributed by atoms with Crippen molar-refractivity contribution in [1.82, 2.24) is 4.98 Å². The summed E-state index contributed by atoms with van der Waals surface area (Å²) in [4.78, 5) is 29.9. The normalized spacial score (nSPS) is 18.3. The molecule has 1 aromatic heterocycles. The number of esters is 1. The molecule has 1 amide bonds. The van der Waals surface area contributed by atoms with Gasteiger partial charge in [-0.25, -0.2) is 9.78 Å². The number of carbonyl (C=O) groups excluding carboxylic acids is 2. The van der Waals surface area contributed by atoms with E-state index in [2.05, 4.69) is 10.3 Å². The third kappa shape index (κ3) is 4.46. The molecule has 160 valence electrons. The van der Waals surface area contributed by atoms with Crippen molar-refractivity contribution < 1.29 is 27.5 Å². The molecule has 2 aromatic carbocycles. The van der Waals surface area contributed by atoms with Crippen molar-refractivity contribution in [1.29, 1.82) is 0 Å². The highest BCUT2D eigenvalue weighted by molar-refractivity contribution is 7.15. The standard InChI is InChI=1S/C22H17F3N2O3S/c1-21(11-14-6-2-3-8-17(14)18(28)30-21)19(29)27-20-26-12-16(31-20)10-13-5-4-7-15(9-13)22(23,24)25/h2-9,12H,10-11H2,1H3,(H,26,27,29). The van der Waals surface area contributed by atoms with Gasteiger partial charge in [0.05, 0.1) is 11.1 Å². The van der Waals surface area contributed by atoms with Gasteiger partial charge in [0.15, 0.2) is 10.7 Å². The van der Waals surface area contributed by atoms with Crippen LogP contribution in [0.2, 0.25) is 0 Å². The first-order valence-electron chi connectivity index (χ1n) is 9.38. The number of fused-ring (bicyclic) bond motifs is 1. The Morgan fingerprint density at radius 3 is 2.77 bits per heavy atom. The molecule has 5 nitrogen and oxygen atoms in total. The van der Waals surface area contributed by atoms with E-state index in [0.29, 0.717) is 16.0 Å². The summed E-state index contributed by atoms with van der Waals surface area (Å²) in [6, 6.07) is 12.0. The van der Waals surface area contributed by atoms with Crippen molar-refractivity contribution in [3.8, 4) is 0 Å². The van der Waals surface area contributed by atoms with Crippen molar-refractivity contribution in [2.75, 3.05) is 5.32 Å². The minimum absolute atomic E-state index is 0.225. The van der Waals surface area contributed by atoms with Gasteiger partial charge < -0.3 is 4.74 Å². The molecule has 4 rings (SSSR count). The van der Waals surface area contributed by atoms with Gasteiger partial charge in [0.25, 0.3) is 5.91 Å². The van der Waals surface area contributed by atoms with Crippen molar-refractivity contribution >= 4 is 28.3 Å². The maximum Gasteiger partial charge on any atom is 0.416 e. The number of alkyl halides is 3. The largest absolute Gasteiger partial charge is 0.445 e. The zero-order chi connectivity index (χ0) is 22.2. The second-order valence-electron chi connectivity index (χ2n) is 7.42. The van der Waals surface area contributed by atoms with E-state index in [1.165, 1.54) is 19.2 Å². The number of rotatable bonds is 4. The molecule has 2 heterocycles. The second-order valence-corrected chi connectivity index (χ2v) is 8.53. The number of nitrogens with zero attached hydrogens (tertiary/aromatic N) is 1. The number of benzene rings is 2. The van der Waals surface area contributed by atoms with Crippen LogP contribution in [0.25, 0.3) is 0 Å². The third-order valence-corrected chi connectivity index (χ3v) is 5.88. The number of hydrogen-bond acceptors (Lipinski definition) is 5. The highest BCUT2D eigenvalue weighted by atomic mass is 32.1. The van der Waals surface area contributed by atoms with Gasteiger partial charge in [-0.3, -0.25) is 10.1 Å². The van der Waals surface area contributed by atoms with Crippen LogP contribution in [0.4, 0.5) is 18.3 Å². The Kier molecular flexibility index (Phi) is 5.30. The van der Waals surface area contributed by atoms with Crippen LogP contribution in [-0.2, 0) is 28.5 Å². The Morgan fingerprint density at radius 2 is 2.00 bits per heavy atom. The summed E-state index contributed by atoms with van der Waals surface area (Å²) in [7, 11) is 0. The maximum absolute atomic E-state index is 12.9. The Labute approximate surface area is 179 Å². The van der Waals surface area contributed by atoms with Crippen LogP contribution in [0.1, 0.15) is 38.8 Å². The lowest BCUT2D eigenvalue weighted by Crippen LogP contribution is -2.48. The minimum atomic E-state index is -4.41. The van der Waals surface area contributed by atoms with Gasteiger partial charge in [0, 0.05) is 23.9 Å². The topological polar surface area (TPSA) is 68.3 Å². The molecule has 31 heavy (non-hydrogen) atoms.